The maximum Gasteiger partial charge on any atom is 0.0904 e. The van der Waals surface area contributed by atoms with Crippen molar-refractivity contribution in [3.05, 3.63) is 0 Å². The van der Waals surface area contributed by atoms with Gasteiger partial charge in [0.25, 0.3) is 0 Å². The van der Waals surface area contributed by atoms with Gasteiger partial charge in [0.15, 0.2) is 0 Å². The van der Waals surface area contributed by atoms with Crippen molar-refractivity contribution in [3.8, 4) is 6.07 Å². The van der Waals surface area contributed by atoms with Gasteiger partial charge in [-0.2, -0.15) is 5.26 Å². The van der Waals surface area contributed by atoms with E-state index >= 15 is 0 Å². The monoisotopic (exact) mass is 225 g/mol. The SMILES string of the molecule is N#CC1(C2(O)CCCOCC2)CCOCC1. The molecule has 0 aromatic carbocycles. The average molecular weight is 225 g/mol. The van der Waals surface area contributed by atoms with Gasteiger partial charge in [-0.05, 0) is 25.7 Å². The fourth-order valence-electron chi connectivity index (χ4n) is 2.81. The molecule has 4 heteroatoms. The molecule has 1 unspecified atom stereocenters. The molecule has 0 radical (unpaired) electrons. The Morgan fingerprint density at radius 2 is 1.56 bits per heavy atom. The van der Waals surface area contributed by atoms with Crippen molar-refractivity contribution < 1.29 is 14.6 Å². The van der Waals surface area contributed by atoms with E-state index in [4.69, 9.17) is 9.47 Å². The molecule has 2 aliphatic rings. The second-order valence-electron chi connectivity index (χ2n) is 4.80. The third-order valence-electron chi connectivity index (χ3n) is 3.99. The Labute approximate surface area is 96.2 Å². The zero-order chi connectivity index (χ0) is 11.5. The summed E-state index contributed by atoms with van der Waals surface area (Å²) in [6, 6.07) is 2.37. The van der Waals surface area contributed by atoms with E-state index in [0.29, 0.717) is 52.1 Å². The molecule has 0 aliphatic carbocycles. The molecule has 4 nitrogen and oxygen atoms in total. The van der Waals surface area contributed by atoms with Gasteiger partial charge in [0.05, 0.1) is 17.1 Å². The predicted molar refractivity (Wildman–Crippen MR) is 57.7 cm³/mol. The lowest BCUT2D eigenvalue weighted by molar-refractivity contribution is -0.113. The van der Waals surface area contributed by atoms with Gasteiger partial charge >= 0.3 is 0 Å². The molecular formula is C12H19NO3. The summed E-state index contributed by atoms with van der Waals surface area (Å²) in [5, 5.41) is 20.2. The number of aliphatic hydroxyl groups is 1. The molecule has 1 N–H and O–H groups in total. The van der Waals surface area contributed by atoms with E-state index in [9.17, 15) is 10.4 Å². The van der Waals surface area contributed by atoms with Crippen molar-refractivity contribution in [2.75, 3.05) is 26.4 Å². The average Bonchev–Trinajstić information content (AvgIpc) is 2.56. The lowest BCUT2D eigenvalue weighted by Gasteiger charge is -2.44. The number of rotatable bonds is 1. The third kappa shape index (κ3) is 1.95. The summed E-state index contributed by atoms with van der Waals surface area (Å²) in [4.78, 5) is 0. The summed E-state index contributed by atoms with van der Waals surface area (Å²) in [6.45, 7) is 2.41. The molecule has 16 heavy (non-hydrogen) atoms. The summed E-state index contributed by atoms with van der Waals surface area (Å²) < 4.78 is 10.7. The van der Waals surface area contributed by atoms with Crippen molar-refractivity contribution in [1.82, 2.24) is 0 Å². The maximum absolute atomic E-state index is 10.8. The lowest BCUT2D eigenvalue weighted by Crippen LogP contribution is -2.50. The van der Waals surface area contributed by atoms with Crippen molar-refractivity contribution >= 4 is 0 Å². The Kier molecular flexibility index (Phi) is 3.48. The van der Waals surface area contributed by atoms with Crippen LogP contribution in [0.2, 0.25) is 0 Å². The molecule has 0 spiro atoms. The van der Waals surface area contributed by atoms with Crippen LogP contribution in [-0.4, -0.2) is 37.1 Å². The molecule has 0 bridgehead atoms. The summed E-state index contributed by atoms with van der Waals surface area (Å²) in [6.07, 6.45) is 3.35. The first-order valence-corrected chi connectivity index (χ1v) is 6.02. The van der Waals surface area contributed by atoms with E-state index < -0.39 is 11.0 Å². The van der Waals surface area contributed by atoms with Crippen molar-refractivity contribution in [3.63, 3.8) is 0 Å². The van der Waals surface area contributed by atoms with Gasteiger partial charge in [-0.25, -0.2) is 0 Å². The first-order valence-electron chi connectivity index (χ1n) is 6.02. The minimum Gasteiger partial charge on any atom is -0.388 e. The van der Waals surface area contributed by atoms with Crippen molar-refractivity contribution in [2.24, 2.45) is 5.41 Å². The number of ether oxygens (including phenoxy) is 2. The topological polar surface area (TPSA) is 62.5 Å². The highest BCUT2D eigenvalue weighted by atomic mass is 16.5. The Morgan fingerprint density at radius 1 is 0.938 bits per heavy atom. The van der Waals surface area contributed by atoms with Crippen LogP contribution in [0.25, 0.3) is 0 Å². The number of nitriles is 1. The number of hydrogen-bond donors (Lipinski definition) is 1. The molecule has 0 aromatic rings. The van der Waals surface area contributed by atoms with E-state index in [2.05, 4.69) is 6.07 Å². The smallest absolute Gasteiger partial charge is 0.0904 e. The highest BCUT2D eigenvalue weighted by Crippen LogP contribution is 2.45. The molecule has 0 saturated carbocycles. The Hall–Kier alpha value is -0.630. The highest BCUT2D eigenvalue weighted by Gasteiger charge is 2.51. The van der Waals surface area contributed by atoms with Crippen LogP contribution in [0.4, 0.5) is 0 Å². The van der Waals surface area contributed by atoms with Crippen LogP contribution in [0, 0.1) is 16.7 Å². The van der Waals surface area contributed by atoms with Gasteiger partial charge < -0.3 is 14.6 Å². The second-order valence-corrected chi connectivity index (χ2v) is 4.80. The van der Waals surface area contributed by atoms with E-state index in [1.54, 1.807) is 0 Å². The molecule has 0 amide bonds. The van der Waals surface area contributed by atoms with E-state index in [0.717, 1.165) is 6.42 Å². The molecule has 90 valence electrons. The number of nitrogens with zero attached hydrogens (tertiary/aromatic N) is 1. The second kappa shape index (κ2) is 4.70. The summed E-state index contributed by atoms with van der Waals surface area (Å²) in [5.74, 6) is 0. The third-order valence-corrected chi connectivity index (χ3v) is 3.99. The van der Waals surface area contributed by atoms with Gasteiger partial charge in [-0.1, -0.05) is 0 Å². The summed E-state index contributed by atoms with van der Waals surface area (Å²) in [7, 11) is 0. The maximum atomic E-state index is 10.8. The quantitative estimate of drug-likeness (QED) is 0.729. The molecule has 2 saturated heterocycles. The fourth-order valence-corrected chi connectivity index (χ4v) is 2.81. The summed E-state index contributed by atoms with van der Waals surface area (Å²) >= 11 is 0. The fraction of sp³-hybridized carbons (Fsp3) is 0.917. The van der Waals surface area contributed by atoms with Gasteiger partial charge in [0.2, 0.25) is 0 Å². The van der Waals surface area contributed by atoms with Crippen molar-refractivity contribution in [2.45, 2.75) is 37.7 Å². The largest absolute Gasteiger partial charge is 0.388 e. The zero-order valence-corrected chi connectivity index (χ0v) is 9.57. The van der Waals surface area contributed by atoms with Crippen LogP contribution in [0.15, 0.2) is 0 Å². The van der Waals surface area contributed by atoms with Gasteiger partial charge in [-0.3, -0.25) is 0 Å². The zero-order valence-electron chi connectivity index (χ0n) is 9.57. The molecule has 2 rings (SSSR count). The van der Waals surface area contributed by atoms with Crippen LogP contribution in [-0.2, 0) is 9.47 Å². The molecule has 0 aromatic heterocycles. The molecular weight excluding hydrogens is 206 g/mol. The van der Waals surface area contributed by atoms with Gasteiger partial charge in [-0.15, -0.1) is 0 Å². The predicted octanol–water partition coefficient (Wildman–Crippen LogP) is 1.24. The standard InChI is InChI=1S/C12H19NO3/c13-10-11(3-7-16-8-4-11)12(14)2-1-6-15-9-5-12/h14H,1-9H2. The van der Waals surface area contributed by atoms with E-state index in [1.165, 1.54) is 0 Å². The first kappa shape index (κ1) is 11.8. The van der Waals surface area contributed by atoms with Gasteiger partial charge in [0, 0.05) is 32.8 Å². The Balaban J connectivity index is 2.20. The minimum atomic E-state index is -0.887. The van der Waals surface area contributed by atoms with Crippen molar-refractivity contribution in [1.29, 1.82) is 5.26 Å². The lowest BCUT2D eigenvalue weighted by atomic mass is 9.65. The Bertz CT molecular complexity index is 270. The van der Waals surface area contributed by atoms with Crippen LogP contribution >= 0.6 is 0 Å². The van der Waals surface area contributed by atoms with Crippen LogP contribution < -0.4 is 0 Å². The van der Waals surface area contributed by atoms with Gasteiger partial charge in [0.1, 0.15) is 0 Å². The van der Waals surface area contributed by atoms with E-state index in [-0.39, 0.29) is 0 Å². The van der Waals surface area contributed by atoms with Crippen LogP contribution in [0.3, 0.4) is 0 Å². The van der Waals surface area contributed by atoms with Crippen LogP contribution in [0.1, 0.15) is 32.1 Å². The first-order chi connectivity index (χ1) is 7.72. The Morgan fingerprint density at radius 3 is 2.25 bits per heavy atom. The van der Waals surface area contributed by atoms with E-state index in [1.807, 2.05) is 0 Å². The normalized spacial score (nSPS) is 35.0. The minimum absolute atomic E-state index is 0.556. The highest BCUT2D eigenvalue weighted by molar-refractivity contribution is 5.12. The molecule has 2 aliphatic heterocycles. The molecule has 2 fully saturated rings. The summed E-state index contributed by atoms with van der Waals surface area (Å²) in [5.41, 5.74) is -1.51. The molecule has 1 atom stereocenters. The van der Waals surface area contributed by atoms with Crippen LogP contribution in [0.5, 0.6) is 0 Å². The number of hydrogen-bond acceptors (Lipinski definition) is 4. The molecule has 2 heterocycles.